The van der Waals surface area contributed by atoms with Crippen molar-refractivity contribution in [3.8, 4) is 0 Å². The molecule has 0 saturated heterocycles. The van der Waals surface area contributed by atoms with Crippen LogP contribution in [0, 0.1) is 6.92 Å². The third-order valence-corrected chi connectivity index (χ3v) is 3.84. The average Bonchev–Trinajstić information content (AvgIpc) is 2.49. The Morgan fingerprint density at radius 1 is 1.00 bits per heavy atom. The summed E-state index contributed by atoms with van der Waals surface area (Å²) in [6.07, 6.45) is 0.238. The highest BCUT2D eigenvalue weighted by Crippen LogP contribution is 2.24. The molecule has 0 saturated carbocycles. The number of halogens is 2. The van der Waals surface area contributed by atoms with E-state index in [0.717, 1.165) is 11.1 Å². The zero-order chi connectivity index (χ0) is 16.8. The van der Waals surface area contributed by atoms with Crippen molar-refractivity contribution in [3.05, 3.63) is 63.6 Å². The number of hydrogen-bond acceptors (Lipinski definition) is 2. The van der Waals surface area contributed by atoms with Crippen molar-refractivity contribution >= 4 is 40.7 Å². The highest BCUT2D eigenvalue weighted by atomic mass is 35.5. The van der Waals surface area contributed by atoms with Gasteiger partial charge in [0.1, 0.15) is 0 Å². The van der Waals surface area contributed by atoms with Crippen molar-refractivity contribution in [1.29, 1.82) is 0 Å². The first kappa shape index (κ1) is 17.3. The number of anilines is 1. The maximum absolute atomic E-state index is 11.8. The number of nitrogens with one attached hydrogen (secondary N) is 2. The van der Waals surface area contributed by atoms with Gasteiger partial charge < -0.3 is 10.6 Å². The minimum Gasteiger partial charge on any atom is -0.347 e. The van der Waals surface area contributed by atoms with Crippen molar-refractivity contribution in [2.75, 3.05) is 11.9 Å². The molecule has 0 radical (unpaired) electrons. The highest BCUT2D eigenvalue weighted by Gasteiger charge is 2.08. The summed E-state index contributed by atoms with van der Waals surface area (Å²) in [5.74, 6) is -0.541. The Hall–Kier alpha value is -2.04. The van der Waals surface area contributed by atoms with Crippen LogP contribution in [0.4, 0.5) is 5.69 Å². The summed E-state index contributed by atoms with van der Waals surface area (Å²) in [6.45, 7) is 1.86. The summed E-state index contributed by atoms with van der Waals surface area (Å²) in [4.78, 5) is 23.7. The Kier molecular flexibility index (Phi) is 6.02. The van der Waals surface area contributed by atoms with Crippen molar-refractivity contribution in [2.24, 2.45) is 0 Å². The Bertz CT molecular complexity index is 732. The number of carbonyl (C=O) groups is 2. The smallest absolute Gasteiger partial charge is 0.243 e. The van der Waals surface area contributed by atoms with Crippen molar-refractivity contribution in [1.82, 2.24) is 5.32 Å². The average molecular weight is 351 g/mol. The maximum atomic E-state index is 11.8. The van der Waals surface area contributed by atoms with Crippen LogP contribution in [0.1, 0.15) is 11.1 Å². The van der Waals surface area contributed by atoms with Gasteiger partial charge in [0.05, 0.1) is 23.0 Å². The van der Waals surface area contributed by atoms with E-state index >= 15 is 0 Å². The van der Waals surface area contributed by atoms with E-state index in [0.29, 0.717) is 15.7 Å². The van der Waals surface area contributed by atoms with Gasteiger partial charge in [-0.25, -0.2) is 0 Å². The molecule has 2 aromatic carbocycles. The molecule has 2 N–H and O–H groups in total. The molecule has 4 nitrogen and oxygen atoms in total. The summed E-state index contributed by atoms with van der Waals surface area (Å²) in [6, 6.07) is 12.5. The van der Waals surface area contributed by atoms with Crippen LogP contribution in [0.5, 0.6) is 0 Å². The van der Waals surface area contributed by atoms with Gasteiger partial charge in [-0.2, -0.15) is 0 Å². The lowest BCUT2D eigenvalue weighted by atomic mass is 10.1. The number of carbonyl (C=O) groups excluding carboxylic acids is 2. The second-order valence-electron chi connectivity index (χ2n) is 5.12. The summed E-state index contributed by atoms with van der Waals surface area (Å²) in [7, 11) is 0. The van der Waals surface area contributed by atoms with Crippen LogP contribution in [0.2, 0.25) is 10.0 Å². The first-order valence-electron chi connectivity index (χ1n) is 7.01. The Labute approximate surface area is 144 Å². The topological polar surface area (TPSA) is 58.2 Å². The quantitative estimate of drug-likeness (QED) is 0.865. The lowest BCUT2D eigenvalue weighted by molar-refractivity contribution is -0.123. The molecule has 0 unspecified atom stereocenters. The largest absolute Gasteiger partial charge is 0.347 e. The molecule has 0 atom stereocenters. The summed E-state index contributed by atoms with van der Waals surface area (Å²) < 4.78 is 0. The van der Waals surface area contributed by atoms with Crippen LogP contribution >= 0.6 is 23.2 Å². The molecule has 0 fully saturated rings. The normalized spacial score (nSPS) is 10.2. The minimum atomic E-state index is -0.332. The molecule has 6 heteroatoms. The van der Waals surface area contributed by atoms with Gasteiger partial charge in [0.15, 0.2) is 0 Å². The van der Waals surface area contributed by atoms with E-state index in [4.69, 9.17) is 23.2 Å². The lowest BCUT2D eigenvalue weighted by Crippen LogP contribution is -2.33. The van der Waals surface area contributed by atoms with E-state index in [9.17, 15) is 9.59 Å². The molecule has 0 heterocycles. The Morgan fingerprint density at radius 3 is 2.48 bits per heavy atom. The van der Waals surface area contributed by atoms with Crippen LogP contribution in [-0.2, 0) is 16.0 Å². The second-order valence-corrected chi connectivity index (χ2v) is 5.93. The number of benzene rings is 2. The SMILES string of the molecule is Cc1cccc(CC(=O)NCC(=O)Nc2ccc(Cl)c(Cl)c2)c1. The van der Waals surface area contributed by atoms with Gasteiger partial charge in [0.25, 0.3) is 0 Å². The first-order valence-corrected chi connectivity index (χ1v) is 7.77. The van der Waals surface area contributed by atoms with Crippen LogP contribution in [-0.4, -0.2) is 18.4 Å². The molecular weight excluding hydrogens is 335 g/mol. The molecule has 120 valence electrons. The molecule has 0 bridgehead atoms. The number of aryl methyl sites for hydroxylation is 1. The third-order valence-electron chi connectivity index (χ3n) is 3.10. The number of rotatable bonds is 5. The van der Waals surface area contributed by atoms with Crippen molar-refractivity contribution in [3.63, 3.8) is 0 Å². The molecule has 23 heavy (non-hydrogen) atoms. The van der Waals surface area contributed by atoms with Crippen molar-refractivity contribution < 1.29 is 9.59 Å². The number of hydrogen-bond donors (Lipinski definition) is 2. The van der Waals surface area contributed by atoms with E-state index in [2.05, 4.69) is 10.6 Å². The fourth-order valence-electron chi connectivity index (χ4n) is 2.03. The van der Waals surface area contributed by atoms with Gasteiger partial charge >= 0.3 is 0 Å². The third kappa shape index (κ3) is 5.58. The van der Waals surface area contributed by atoms with Gasteiger partial charge in [-0.1, -0.05) is 53.0 Å². The van der Waals surface area contributed by atoms with E-state index in [1.807, 2.05) is 31.2 Å². The molecule has 0 aliphatic carbocycles. The predicted molar refractivity (Wildman–Crippen MR) is 93.0 cm³/mol. The van der Waals surface area contributed by atoms with Gasteiger partial charge in [0.2, 0.25) is 11.8 Å². The molecule has 0 aliphatic rings. The van der Waals surface area contributed by atoms with Gasteiger partial charge in [0, 0.05) is 5.69 Å². The van der Waals surface area contributed by atoms with E-state index in [-0.39, 0.29) is 24.8 Å². The van der Waals surface area contributed by atoms with Gasteiger partial charge in [-0.3, -0.25) is 9.59 Å². The molecule has 0 aromatic heterocycles. The van der Waals surface area contributed by atoms with Crippen LogP contribution in [0.15, 0.2) is 42.5 Å². The summed E-state index contributed by atoms with van der Waals surface area (Å²) >= 11 is 11.7. The van der Waals surface area contributed by atoms with E-state index in [1.54, 1.807) is 18.2 Å². The molecule has 2 amide bonds. The molecule has 0 spiro atoms. The number of amides is 2. The Morgan fingerprint density at radius 2 is 1.78 bits per heavy atom. The van der Waals surface area contributed by atoms with Crippen LogP contribution < -0.4 is 10.6 Å². The Balaban J connectivity index is 1.81. The fraction of sp³-hybridized carbons (Fsp3) is 0.176. The first-order chi connectivity index (χ1) is 10.9. The minimum absolute atomic E-state index is 0.106. The molecule has 2 rings (SSSR count). The van der Waals surface area contributed by atoms with Crippen LogP contribution in [0.25, 0.3) is 0 Å². The van der Waals surface area contributed by atoms with E-state index in [1.165, 1.54) is 0 Å². The zero-order valence-electron chi connectivity index (χ0n) is 12.5. The molecular formula is C17H16Cl2N2O2. The van der Waals surface area contributed by atoms with Gasteiger partial charge in [-0.15, -0.1) is 0 Å². The molecule has 0 aliphatic heterocycles. The second kappa shape index (κ2) is 7.99. The zero-order valence-corrected chi connectivity index (χ0v) is 14.0. The van der Waals surface area contributed by atoms with E-state index < -0.39 is 0 Å². The van der Waals surface area contributed by atoms with Gasteiger partial charge in [-0.05, 0) is 30.7 Å². The molecule has 2 aromatic rings. The van der Waals surface area contributed by atoms with Crippen LogP contribution in [0.3, 0.4) is 0 Å². The maximum Gasteiger partial charge on any atom is 0.243 e. The predicted octanol–water partition coefficient (Wildman–Crippen LogP) is 3.60. The fourth-order valence-corrected chi connectivity index (χ4v) is 2.33. The summed E-state index contributed by atoms with van der Waals surface area (Å²) in [5.41, 5.74) is 2.53. The standard InChI is InChI=1S/C17H16Cl2N2O2/c1-11-3-2-4-12(7-11)8-16(22)20-10-17(23)21-13-5-6-14(18)15(19)9-13/h2-7,9H,8,10H2,1H3,(H,20,22)(H,21,23). The summed E-state index contributed by atoms with van der Waals surface area (Å²) in [5, 5.41) is 6.00. The highest BCUT2D eigenvalue weighted by molar-refractivity contribution is 6.42. The lowest BCUT2D eigenvalue weighted by Gasteiger charge is -2.08. The monoisotopic (exact) mass is 350 g/mol. The van der Waals surface area contributed by atoms with Crippen molar-refractivity contribution in [2.45, 2.75) is 13.3 Å².